The number of rotatable bonds is 5. The van der Waals surface area contributed by atoms with Gasteiger partial charge in [0.15, 0.2) is 6.29 Å². The van der Waals surface area contributed by atoms with Crippen molar-refractivity contribution in [2.75, 3.05) is 0 Å². The molecule has 9 atom stereocenters. The predicted molar refractivity (Wildman–Crippen MR) is 98.9 cm³/mol. The summed E-state index contributed by atoms with van der Waals surface area (Å²) in [5.41, 5.74) is 0. The third-order valence-electron chi connectivity index (χ3n) is 7.04. The number of hydrogen-bond donors (Lipinski definition) is 0. The van der Waals surface area contributed by atoms with E-state index in [0.717, 1.165) is 19.3 Å². The quantitative estimate of drug-likeness (QED) is 0.682. The van der Waals surface area contributed by atoms with Gasteiger partial charge in [0.2, 0.25) is 0 Å². The van der Waals surface area contributed by atoms with Crippen LogP contribution in [0, 0.1) is 29.6 Å². The number of ether oxygens (including phenoxy) is 3. The topological polar surface area (TPSA) is 27.7 Å². The van der Waals surface area contributed by atoms with E-state index in [1.165, 1.54) is 0 Å². The summed E-state index contributed by atoms with van der Waals surface area (Å²) >= 11 is 0. The molecule has 3 heteroatoms. The molecule has 24 heavy (non-hydrogen) atoms. The van der Waals surface area contributed by atoms with E-state index in [0.29, 0.717) is 47.9 Å². The van der Waals surface area contributed by atoms with E-state index in [1.54, 1.807) is 0 Å². The molecule has 2 rings (SSSR count). The van der Waals surface area contributed by atoms with E-state index in [4.69, 9.17) is 14.2 Å². The molecule has 0 radical (unpaired) electrons. The minimum Gasteiger partial charge on any atom is -0.374 e. The van der Waals surface area contributed by atoms with Crippen LogP contribution in [0.5, 0.6) is 0 Å². The molecule has 2 aliphatic heterocycles. The van der Waals surface area contributed by atoms with Gasteiger partial charge in [0.25, 0.3) is 0 Å². The molecular weight excluding hydrogens is 300 g/mol. The molecule has 0 aromatic heterocycles. The third-order valence-corrected chi connectivity index (χ3v) is 7.04. The van der Waals surface area contributed by atoms with Crippen LogP contribution in [-0.4, -0.2) is 30.7 Å². The highest BCUT2D eigenvalue weighted by Crippen LogP contribution is 2.41. The molecule has 0 aromatic rings. The average Bonchev–Trinajstić information content (AvgIpc) is 2.58. The summed E-state index contributed by atoms with van der Waals surface area (Å²) in [6.45, 7) is 18.2. The summed E-state index contributed by atoms with van der Waals surface area (Å²) in [6, 6.07) is 0. The minimum atomic E-state index is -0.0795. The maximum atomic E-state index is 6.68. The summed E-state index contributed by atoms with van der Waals surface area (Å²) in [6.07, 6.45) is 4.22. The van der Waals surface area contributed by atoms with Gasteiger partial charge >= 0.3 is 0 Å². The molecule has 2 fully saturated rings. The fourth-order valence-electron chi connectivity index (χ4n) is 4.82. The van der Waals surface area contributed by atoms with Crippen LogP contribution in [0.3, 0.4) is 0 Å². The Kier molecular flexibility index (Phi) is 7.16. The standard InChI is InChI=1S/C21H40O3/c1-9-17-13(5)12(4)14(6)21(23-17)24-20-15(7)18(10-2)22-19(11-3)16(20)8/h12-21H,9-11H2,1-8H3/t12-,13+,14+,15?,16?,17+,18?,19?,20?,21+/m0/s1. The summed E-state index contributed by atoms with van der Waals surface area (Å²) in [5.74, 6) is 2.49. The molecule has 2 saturated heterocycles. The SMILES string of the molecule is CCC1OC(CC)C(C)C(O[C@H]2O[C@H](CC)[C@H](C)[C@H](C)[C@H]2C)C1C. The van der Waals surface area contributed by atoms with E-state index in [9.17, 15) is 0 Å². The maximum Gasteiger partial charge on any atom is 0.161 e. The zero-order valence-corrected chi connectivity index (χ0v) is 17.1. The number of hydrogen-bond acceptors (Lipinski definition) is 3. The Morgan fingerprint density at radius 1 is 0.583 bits per heavy atom. The Balaban J connectivity index is 2.14. The molecule has 2 heterocycles. The monoisotopic (exact) mass is 340 g/mol. The van der Waals surface area contributed by atoms with E-state index in [1.807, 2.05) is 0 Å². The highest BCUT2D eigenvalue weighted by Gasteiger charge is 2.45. The van der Waals surface area contributed by atoms with Gasteiger partial charge in [0, 0.05) is 17.8 Å². The normalized spacial score (nSPS) is 50.0. The highest BCUT2D eigenvalue weighted by atomic mass is 16.7. The Morgan fingerprint density at radius 2 is 1.04 bits per heavy atom. The van der Waals surface area contributed by atoms with Crippen molar-refractivity contribution in [2.45, 2.75) is 105 Å². The average molecular weight is 341 g/mol. The molecule has 0 aliphatic carbocycles. The molecular formula is C21H40O3. The van der Waals surface area contributed by atoms with Crippen LogP contribution in [0.15, 0.2) is 0 Å². The van der Waals surface area contributed by atoms with E-state index < -0.39 is 0 Å². The van der Waals surface area contributed by atoms with Crippen LogP contribution in [0.1, 0.15) is 74.7 Å². The van der Waals surface area contributed by atoms with Gasteiger partial charge in [0.05, 0.1) is 24.4 Å². The molecule has 2 aliphatic rings. The van der Waals surface area contributed by atoms with Crippen molar-refractivity contribution in [3.8, 4) is 0 Å². The van der Waals surface area contributed by atoms with Gasteiger partial charge in [0.1, 0.15) is 0 Å². The molecule has 142 valence electrons. The van der Waals surface area contributed by atoms with E-state index >= 15 is 0 Å². The zero-order valence-electron chi connectivity index (χ0n) is 17.1. The molecule has 3 nitrogen and oxygen atoms in total. The van der Waals surface area contributed by atoms with Crippen molar-refractivity contribution in [3.05, 3.63) is 0 Å². The van der Waals surface area contributed by atoms with Gasteiger partial charge < -0.3 is 14.2 Å². The molecule has 0 bridgehead atoms. The fourth-order valence-corrected chi connectivity index (χ4v) is 4.82. The van der Waals surface area contributed by atoms with E-state index in [2.05, 4.69) is 55.4 Å². The lowest BCUT2D eigenvalue weighted by Gasteiger charge is -2.49. The van der Waals surface area contributed by atoms with Crippen molar-refractivity contribution in [3.63, 3.8) is 0 Å². The van der Waals surface area contributed by atoms with Crippen molar-refractivity contribution >= 4 is 0 Å². The van der Waals surface area contributed by atoms with E-state index in [-0.39, 0.29) is 12.4 Å². The van der Waals surface area contributed by atoms with Crippen LogP contribution < -0.4 is 0 Å². The third kappa shape index (κ3) is 3.83. The molecule has 0 amide bonds. The first kappa shape index (κ1) is 20.2. The van der Waals surface area contributed by atoms with Crippen molar-refractivity contribution in [1.29, 1.82) is 0 Å². The maximum absolute atomic E-state index is 6.68. The van der Waals surface area contributed by atoms with Crippen molar-refractivity contribution in [1.82, 2.24) is 0 Å². The molecule has 0 aromatic carbocycles. The van der Waals surface area contributed by atoms with Crippen molar-refractivity contribution < 1.29 is 14.2 Å². The Bertz CT molecular complexity index is 367. The predicted octanol–water partition coefficient (Wildman–Crippen LogP) is 5.27. The first-order valence-corrected chi connectivity index (χ1v) is 10.3. The molecule has 0 N–H and O–H groups in total. The summed E-state index contributed by atoms with van der Waals surface area (Å²) in [4.78, 5) is 0. The zero-order chi connectivity index (χ0) is 18.0. The summed E-state index contributed by atoms with van der Waals surface area (Å²) in [7, 11) is 0. The molecule has 0 spiro atoms. The van der Waals surface area contributed by atoms with Crippen molar-refractivity contribution in [2.24, 2.45) is 29.6 Å². The Labute approximate surface area is 149 Å². The molecule has 0 saturated carbocycles. The molecule has 4 unspecified atom stereocenters. The van der Waals surface area contributed by atoms with Gasteiger partial charge in [-0.2, -0.15) is 0 Å². The summed E-state index contributed by atoms with van der Waals surface area (Å²) < 4.78 is 19.4. The van der Waals surface area contributed by atoms with Crippen LogP contribution in [0.2, 0.25) is 0 Å². The Morgan fingerprint density at radius 3 is 1.50 bits per heavy atom. The lowest BCUT2D eigenvalue weighted by Crippen LogP contribution is -2.54. The van der Waals surface area contributed by atoms with Gasteiger partial charge in [-0.3, -0.25) is 0 Å². The second-order valence-electron chi connectivity index (χ2n) is 8.38. The van der Waals surface area contributed by atoms with Gasteiger partial charge in [-0.25, -0.2) is 0 Å². The van der Waals surface area contributed by atoms with Gasteiger partial charge in [-0.15, -0.1) is 0 Å². The Hall–Kier alpha value is -0.120. The van der Waals surface area contributed by atoms with Gasteiger partial charge in [-0.05, 0) is 31.1 Å². The van der Waals surface area contributed by atoms with Crippen LogP contribution in [-0.2, 0) is 14.2 Å². The lowest BCUT2D eigenvalue weighted by molar-refractivity contribution is -0.296. The second kappa shape index (κ2) is 8.51. The lowest BCUT2D eigenvalue weighted by atomic mass is 9.77. The summed E-state index contributed by atoms with van der Waals surface area (Å²) in [5, 5.41) is 0. The highest BCUT2D eigenvalue weighted by molar-refractivity contribution is 4.90. The smallest absolute Gasteiger partial charge is 0.161 e. The van der Waals surface area contributed by atoms with Crippen LogP contribution >= 0.6 is 0 Å². The first-order valence-electron chi connectivity index (χ1n) is 10.3. The van der Waals surface area contributed by atoms with Crippen LogP contribution in [0.25, 0.3) is 0 Å². The first-order chi connectivity index (χ1) is 11.3. The second-order valence-corrected chi connectivity index (χ2v) is 8.38. The largest absolute Gasteiger partial charge is 0.374 e. The fraction of sp³-hybridized carbons (Fsp3) is 1.00. The van der Waals surface area contributed by atoms with Gasteiger partial charge in [-0.1, -0.05) is 55.4 Å². The minimum absolute atomic E-state index is 0.0795. The van der Waals surface area contributed by atoms with Crippen LogP contribution in [0.4, 0.5) is 0 Å².